The van der Waals surface area contributed by atoms with Crippen LogP contribution in [0.2, 0.25) is 0 Å². The van der Waals surface area contributed by atoms with Crippen LogP contribution in [0.15, 0.2) is 99.2 Å². The number of fused-ring (bicyclic) bond motifs is 4. The molecule has 3 aromatic carbocycles. The van der Waals surface area contributed by atoms with Crippen molar-refractivity contribution < 1.29 is 9.90 Å². The number of allylic oxidation sites excluding steroid dienone is 1. The third kappa shape index (κ3) is 4.06. The number of nitrogens with zero attached hydrogens (tertiary/aromatic N) is 3. The molecule has 2 aliphatic rings. The van der Waals surface area contributed by atoms with Crippen molar-refractivity contribution in [3.8, 4) is 0 Å². The Labute approximate surface area is 238 Å². The minimum atomic E-state index is -0.912. The molecular weight excluding hydrogens is 539 g/mol. The Hall–Kier alpha value is -4.14. The molecule has 2 aromatic heterocycles. The van der Waals surface area contributed by atoms with Gasteiger partial charge in [0.25, 0.3) is 5.56 Å². The van der Waals surface area contributed by atoms with Gasteiger partial charge in [0.2, 0.25) is 0 Å². The number of hydrogen-bond acceptors (Lipinski definition) is 5. The van der Waals surface area contributed by atoms with E-state index < -0.39 is 5.97 Å². The van der Waals surface area contributed by atoms with Crippen LogP contribution in [-0.4, -0.2) is 26.5 Å². The van der Waals surface area contributed by atoms with Crippen molar-refractivity contribution >= 4 is 51.7 Å². The molecule has 1 atom stereocenters. The summed E-state index contributed by atoms with van der Waals surface area (Å²) in [6.45, 7) is -0.145. The van der Waals surface area contributed by atoms with E-state index >= 15 is 0 Å². The van der Waals surface area contributed by atoms with Crippen molar-refractivity contribution in [1.29, 1.82) is 0 Å². The molecule has 0 saturated heterocycles. The molecule has 1 aliphatic carbocycles. The summed E-state index contributed by atoms with van der Waals surface area (Å²) in [4.78, 5) is 32.6. The second-order valence-electron chi connectivity index (χ2n) is 10.0. The summed E-state index contributed by atoms with van der Waals surface area (Å²) in [7, 11) is 0. The number of carboxylic acids is 1. The van der Waals surface area contributed by atoms with Gasteiger partial charge in [0.05, 0.1) is 16.3 Å². The van der Waals surface area contributed by atoms with Gasteiger partial charge >= 0.3 is 5.97 Å². The number of hydrogen-bond donors (Lipinski definition) is 1. The van der Waals surface area contributed by atoms with Crippen LogP contribution in [0.4, 0.5) is 0 Å². The maximum absolute atomic E-state index is 14.1. The highest BCUT2D eigenvalue weighted by molar-refractivity contribution is 7.98. The summed E-state index contributed by atoms with van der Waals surface area (Å²) in [5, 5.41) is 10.3. The molecule has 0 amide bonds. The van der Waals surface area contributed by atoms with Crippen molar-refractivity contribution in [3.05, 3.63) is 127 Å². The van der Waals surface area contributed by atoms with E-state index in [4.69, 9.17) is 4.99 Å². The second kappa shape index (κ2) is 9.80. The average molecular weight is 564 g/mol. The predicted molar refractivity (Wildman–Crippen MR) is 161 cm³/mol. The summed E-state index contributed by atoms with van der Waals surface area (Å²) < 4.78 is 4.15. The lowest BCUT2D eigenvalue weighted by atomic mass is 9.83. The lowest BCUT2D eigenvalue weighted by molar-refractivity contribution is -0.137. The molecule has 198 valence electrons. The summed E-state index contributed by atoms with van der Waals surface area (Å²) >= 11 is 3.09. The lowest BCUT2D eigenvalue weighted by Gasteiger charge is -2.30. The van der Waals surface area contributed by atoms with Crippen molar-refractivity contribution in [2.75, 3.05) is 6.26 Å². The fourth-order valence-electron chi connectivity index (χ4n) is 5.92. The third-order valence-electron chi connectivity index (χ3n) is 7.72. The molecule has 0 radical (unpaired) electrons. The molecule has 0 spiro atoms. The van der Waals surface area contributed by atoms with Gasteiger partial charge in [-0.2, -0.15) is 0 Å². The number of carboxylic acid groups (broad SMARTS) is 1. The first kappa shape index (κ1) is 24.9. The number of benzene rings is 3. The predicted octanol–water partition coefficient (Wildman–Crippen LogP) is 5.08. The van der Waals surface area contributed by atoms with Crippen LogP contribution in [0, 0.1) is 0 Å². The van der Waals surface area contributed by atoms with Crippen molar-refractivity contribution in [1.82, 2.24) is 9.13 Å². The van der Waals surface area contributed by atoms with E-state index in [1.807, 2.05) is 41.1 Å². The minimum absolute atomic E-state index is 0.0804. The number of aliphatic carboxylic acids is 1. The Balaban J connectivity index is 1.46. The van der Waals surface area contributed by atoms with Crippen LogP contribution in [0.5, 0.6) is 0 Å². The molecule has 1 N–H and O–H groups in total. The van der Waals surface area contributed by atoms with Crippen LogP contribution in [0.25, 0.3) is 22.7 Å². The van der Waals surface area contributed by atoms with Crippen LogP contribution in [0.1, 0.15) is 34.7 Å². The molecule has 0 bridgehead atoms. The van der Waals surface area contributed by atoms with Crippen LogP contribution in [-0.2, 0) is 17.8 Å². The van der Waals surface area contributed by atoms with Gasteiger partial charge in [-0.1, -0.05) is 65.9 Å². The minimum Gasteiger partial charge on any atom is -0.480 e. The molecule has 6 nitrogen and oxygen atoms in total. The second-order valence-corrected chi connectivity index (χ2v) is 11.9. The smallest absolute Gasteiger partial charge is 0.323 e. The molecule has 7 rings (SSSR count). The molecule has 0 fully saturated rings. The number of carbonyl (C=O) groups is 1. The topological polar surface area (TPSA) is 76.6 Å². The molecule has 3 heterocycles. The van der Waals surface area contributed by atoms with Crippen LogP contribution in [0.3, 0.4) is 0 Å². The first-order valence-electron chi connectivity index (χ1n) is 13.1. The molecule has 8 heteroatoms. The number of thioether (sulfide) groups is 1. The van der Waals surface area contributed by atoms with Gasteiger partial charge in [-0.3, -0.25) is 14.2 Å². The Morgan fingerprint density at radius 1 is 1.07 bits per heavy atom. The van der Waals surface area contributed by atoms with Crippen LogP contribution >= 0.6 is 23.1 Å². The van der Waals surface area contributed by atoms with Gasteiger partial charge in [0.15, 0.2) is 4.80 Å². The van der Waals surface area contributed by atoms with Gasteiger partial charge in [-0.25, -0.2) is 4.99 Å². The van der Waals surface area contributed by atoms with Crippen LogP contribution < -0.4 is 14.9 Å². The Morgan fingerprint density at radius 3 is 2.65 bits per heavy atom. The zero-order valence-electron chi connectivity index (χ0n) is 21.7. The normalized spacial score (nSPS) is 16.4. The molecule has 0 saturated carbocycles. The summed E-state index contributed by atoms with van der Waals surface area (Å²) in [6, 6.07) is 24.4. The summed E-state index contributed by atoms with van der Waals surface area (Å²) in [5.74, 6) is -0.912. The van der Waals surface area contributed by atoms with E-state index in [1.54, 1.807) is 16.3 Å². The quantitative estimate of drug-likeness (QED) is 0.303. The van der Waals surface area contributed by atoms with E-state index in [0.29, 0.717) is 9.33 Å². The number of aryl methyl sites for hydroxylation is 1. The number of aromatic nitrogens is 2. The van der Waals surface area contributed by atoms with E-state index in [9.17, 15) is 14.7 Å². The average Bonchev–Trinajstić information content (AvgIpc) is 3.48. The Kier molecular flexibility index (Phi) is 6.09. The standard InChI is InChI=1S/C32H25N3O3S2/c1-39-22-13-10-20(11-14-22)30-25-15-12-19-6-2-3-8-24(19)29(25)33-32-35(30)31(38)27(40-32)16-21-17-34(18-28(36)37)26-9-5-4-7-23(21)26/h2-11,13-14,16-17,30H,12,15,18H2,1H3,(H,36,37)/b27-16-. The highest BCUT2D eigenvalue weighted by Crippen LogP contribution is 2.41. The molecule has 5 aromatic rings. The summed E-state index contributed by atoms with van der Waals surface area (Å²) in [5.41, 5.74) is 7.21. The van der Waals surface area contributed by atoms with Gasteiger partial charge in [-0.05, 0) is 60.1 Å². The fraction of sp³-hybridized carbons (Fsp3) is 0.156. The maximum atomic E-state index is 14.1. The van der Waals surface area contributed by atoms with E-state index in [-0.39, 0.29) is 18.1 Å². The van der Waals surface area contributed by atoms with Gasteiger partial charge < -0.3 is 9.67 Å². The molecule has 1 unspecified atom stereocenters. The molecule has 1 aliphatic heterocycles. The lowest BCUT2D eigenvalue weighted by Crippen LogP contribution is -2.38. The zero-order chi connectivity index (χ0) is 27.4. The first-order valence-corrected chi connectivity index (χ1v) is 15.1. The van der Waals surface area contributed by atoms with Gasteiger partial charge in [0, 0.05) is 33.1 Å². The number of para-hydroxylation sites is 1. The van der Waals surface area contributed by atoms with E-state index in [0.717, 1.165) is 46.1 Å². The highest BCUT2D eigenvalue weighted by atomic mass is 32.2. The van der Waals surface area contributed by atoms with Crippen molar-refractivity contribution in [2.24, 2.45) is 4.99 Å². The number of rotatable bonds is 5. The highest BCUT2D eigenvalue weighted by Gasteiger charge is 2.32. The van der Waals surface area contributed by atoms with E-state index in [1.165, 1.54) is 27.4 Å². The maximum Gasteiger partial charge on any atom is 0.323 e. The molecular formula is C32H25N3O3S2. The summed E-state index contributed by atoms with van der Waals surface area (Å²) in [6.07, 6.45) is 7.52. The van der Waals surface area contributed by atoms with Crippen molar-refractivity contribution in [2.45, 2.75) is 30.3 Å². The number of thiazole rings is 1. The largest absolute Gasteiger partial charge is 0.480 e. The van der Waals surface area contributed by atoms with E-state index in [2.05, 4.69) is 54.8 Å². The third-order valence-corrected chi connectivity index (χ3v) is 9.44. The van der Waals surface area contributed by atoms with Gasteiger partial charge in [-0.15, -0.1) is 11.8 Å². The SMILES string of the molecule is CSc1ccc(C2C3=C(N=c4s/c(=C\c5cn(CC(=O)O)c6ccccc56)c(=O)n42)c2ccccc2CC3)cc1. The monoisotopic (exact) mass is 563 g/mol. The Bertz CT molecular complexity index is 2030. The van der Waals surface area contributed by atoms with Crippen molar-refractivity contribution in [3.63, 3.8) is 0 Å². The molecule has 40 heavy (non-hydrogen) atoms. The van der Waals surface area contributed by atoms with Gasteiger partial charge in [0.1, 0.15) is 6.54 Å². The first-order chi connectivity index (χ1) is 19.5. The zero-order valence-corrected chi connectivity index (χ0v) is 23.3. The Morgan fingerprint density at radius 2 is 1.85 bits per heavy atom. The fourth-order valence-corrected chi connectivity index (χ4v) is 7.32.